The fourth-order valence-electron chi connectivity index (χ4n) is 2.14. The number of benzene rings is 1. The van der Waals surface area contributed by atoms with Crippen LogP contribution in [0.2, 0.25) is 5.02 Å². The molecule has 3 rings (SSSR count). The average Bonchev–Trinajstić information content (AvgIpc) is 2.81. The summed E-state index contributed by atoms with van der Waals surface area (Å²) in [6.07, 6.45) is 2.50. The summed E-state index contributed by atoms with van der Waals surface area (Å²) >= 11 is 9.43. The summed E-state index contributed by atoms with van der Waals surface area (Å²) in [5.74, 6) is -0.649. The van der Waals surface area contributed by atoms with E-state index in [1.807, 2.05) is 6.07 Å². The Kier molecular flexibility index (Phi) is 3.45. The minimum absolute atomic E-state index is 0.110. The SMILES string of the molecule is N#Cc1cc(Br)cc(Cl)c1-n1cc2c(n1)C(F)=CN(O)C2. The van der Waals surface area contributed by atoms with Gasteiger partial charge in [-0.1, -0.05) is 27.5 Å². The average molecular weight is 370 g/mol. The molecule has 0 bridgehead atoms. The van der Waals surface area contributed by atoms with Crippen molar-refractivity contribution in [3.8, 4) is 11.8 Å². The van der Waals surface area contributed by atoms with Crippen molar-refractivity contribution in [2.24, 2.45) is 0 Å². The Morgan fingerprint density at radius 3 is 2.95 bits per heavy atom. The first kappa shape index (κ1) is 14.1. The zero-order valence-corrected chi connectivity index (χ0v) is 12.7. The summed E-state index contributed by atoms with van der Waals surface area (Å²) in [6, 6.07) is 5.26. The van der Waals surface area contributed by atoms with E-state index in [1.165, 1.54) is 4.68 Å². The Morgan fingerprint density at radius 1 is 1.48 bits per heavy atom. The van der Waals surface area contributed by atoms with Crippen LogP contribution in [0.25, 0.3) is 11.5 Å². The van der Waals surface area contributed by atoms with Crippen molar-refractivity contribution in [3.63, 3.8) is 0 Å². The predicted octanol–water partition coefficient (Wildman–Crippen LogP) is 3.63. The lowest BCUT2D eigenvalue weighted by atomic mass is 10.2. The van der Waals surface area contributed by atoms with Gasteiger partial charge in [-0.15, -0.1) is 0 Å². The van der Waals surface area contributed by atoms with Crippen LogP contribution < -0.4 is 0 Å². The molecule has 0 unspecified atom stereocenters. The second-order valence-corrected chi connectivity index (χ2v) is 5.74. The van der Waals surface area contributed by atoms with Gasteiger partial charge < -0.3 is 0 Å². The van der Waals surface area contributed by atoms with E-state index in [0.717, 1.165) is 11.3 Å². The maximum absolute atomic E-state index is 13.8. The second-order valence-electron chi connectivity index (χ2n) is 4.42. The van der Waals surface area contributed by atoms with Crippen molar-refractivity contribution >= 4 is 33.4 Å². The Balaban J connectivity index is 2.19. The first-order chi connectivity index (χ1) is 9.99. The van der Waals surface area contributed by atoms with Crippen molar-refractivity contribution in [2.45, 2.75) is 6.54 Å². The van der Waals surface area contributed by atoms with Crippen molar-refractivity contribution < 1.29 is 9.60 Å². The third kappa shape index (κ3) is 2.42. The molecule has 2 aromatic rings. The molecule has 5 nitrogen and oxygen atoms in total. The third-order valence-corrected chi connectivity index (χ3v) is 3.73. The van der Waals surface area contributed by atoms with Gasteiger partial charge in [-0.2, -0.15) is 10.4 Å². The highest BCUT2D eigenvalue weighted by Gasteiger charge is 2.22. The summed E-state index contributed by atoms with van der Waals surface area (Å²) in [5.41, 5.74) is 1.30. The van der Waals surface area contributed by atoms with Gasteiger partial charge in [0.05, 0.1) is 23.3 Å². The van der Waals surface area contributed by atoms with E-state index in [9.17, 15) is 14.9 Å². The molecule has 0 radical (unpaired) electrons. The first-order valence-corrected chi connectivity index (χ1v) is 6.98. The molecule has 21 heavy (non-hydrogen) atoms. The van der Waals surface area contributed by atoms with E-state index < -0.39 is 5.83 Å². The second kappa shape index (κ2) is 5.15. The first-order valence-electron chi connectivity index (χ1n) is 5.81. The molecule has 1 aliphatic rings. The van der Waals surface area contributed by atoms with Gasteiger partial charge in [0.2, 0.25) is 0 Å². The van der Waals surface area contributed by atoms with E-state index in [2.05, 4.69) is 21.0 Å². The summed E-state index contributed by atoms with van der Waals surface area (Å²) in [7, 11) is 0. The van der Waals surface area contributed by atoms with Crippen LogP contribution in [-0.4, -0.2) is 20.1 Å². The number of nitrogens with zero attached hydrogens (tertiary/aromatic N) is 4. The number of hydrogen-bond acceptors (Lipinski definition) is 4. The lowest BCUT2D eigenvalue weighted by Gasteiger charge is -2.15. The number of rotatable bonds is 1. The van der Waals surface area contributed by atoms with Gasteiger partial charge in [-0.3, -0.25) is 10.3 Å². The van der Waals surface area contributed by atoms with E-state index in [-0.39, 0.29) is 12.2 Å². The van der Waals surface area contributed by atoms with Gasteiger partial charge >= 0.3 is 0 Å². The van der Waals surface area contributed by atoms with Crippen LogP contribution in [0, 0.1) is 11.3 Å². The number of nitriles is 1. The molecule has 0 spiro atoms. The Labute approximate surface area is 132 Å². The largest absolute Gasteiger partial charge is 0.289 e. The lowest BCUT2D eigenvalue weighted by Crippen LogP contribution is -2.15. The minimum atomic E-state index is -0.649. The monoisotopic (exact) mass is 368 g/mol. The zero-order chi connectivity index (χ0) is 15.1. The zero-order valence-electron chi connectivity index (χ0n) is 10.4. The van der Waals surface area contributed by atoms with Gasteiger partial charge in [0.25, 0.3) is 0 Å². The van der Waals surface area contributed by atoms with Gasteiger partial charge in [-0.25, -0.2) is 9.07 Å². The van der Waals surface area contributed by atoms with E-state index in [1.54, 1.807) is 18.3 Å². The number of halogens is 3. The predicted molar refractivity (Wildman–Crippen MR) is 77.4 cm³/mol. The molecular formula is C13H7BrClFN4O. The molecule has 1 aromatic carbocycles. The van der Waals surface area contributed by atoms with E-state index in [0.29, 0.717) is 26.3 Å². The maximum Gasteiger partial charge on any atom is 0.169 e. The Morgan fingerprint density at radius 2 is 2.24 bits per heavy atom. The fraction of sp³-hybridized carbons (Fsp3) is 0.0769. The Bertz CT molecular complexity index is 811. The van der Waals surface area contributed by atoms with Gasteiger partial charge in [0, 0.05) is 16.2 Å². The van der Waals surface area contributed by atoms with E-state index in [4.69, 9.17) is 11.6 Å². The summed E-state index contributed by atoms with van der Waals surface area (Å²) in [5, 5.41) is 23.8. The van der Waals surface area contributed by atoms with Crippen LogP contribution in [0.5, 0.6) is 0 Å². The lowest BCUT2D eigenvalue weighted by molar-refractivity contribution is -0.0509. The topological polar surface area (TPSA) is 65.1 Å². The number of aromatic nitrogens is 2. The molecule has 0 fully saturated rings. The molecule has 0 atom stereocenters. The molecule has 0 amide bonds. The molecule has 1 aliphatic heterocycles. The number of hydrogen-bond donors (Lipinski definition) is 1. The van der Waals surface area contributed by atoms with Gasteiger partial charge in [0.1, 0.15) is 17.5 Å². The van der Waals surface area contributed by atoms with Crippen molar-refractivity contribution in [2.75, 3.05) is 0 Å². The molecule has 1 aromatic heterocycles. The summed E-state index contributed by atoms with van der Waals surface area (Å²) in [6.45, 7) is 0.110. The molecule has 0 saturated carbocycles. The smallest absolute Gasteiger partial charge is 0.169 e. The molecule has 8 heteroatoms. The van der Waals surface area contributed by atoms with Gasteiger partial charge in [-0.05, 0) is 12.1 Å². The highest BCUT2D eigenvalue weighted by atomic mass is 79.9. The molecule has 0 saturated heterocycles. The third-order valence-electron chi connectivity index (χ3n) is 2.99. The van der Waals surface area contributed by atoms with Crippen LogP contribution in [0.1, 0.15) is 16.8 Å². The highest BCUT2D eigenvalue weighted by Crippen LogP contribution is 2.31. The standard InChI is InChI=1S/C13H7BrClFN4O/c14-9-1-7(3-17)13(10(15)2-9)20-5-8-4-19(21)6-11(16)12(8)18-20/h1-2,5-6,21H,4H2. The summed E-state index contributed by atoms with van der Waals surface area (Å²) in [4.78, 5) is 0. The Hall–Kier alpha value is -1.88. The van der Waals surface area contributed by atoms with Crippen LogP contribution >= 0.6 is 27.5 Å². The fourth-order valence-corrected chi connectivity index (χ4v) is 3.03. The number of hydroxylamine groups is 2. The normalized spacial score (nSPS) is 13.7. The van der Waals surface area contributed by atoms with Crippen molar-refractivity contribution in [3.05, 3.63) is 50.8 Å². The van der Waals surface area contributed by atoms with Crippen molar-refractivity contribution in [1.82, 2.24) is 14.8 Å². The van der Waals surface area contributed by atoms with Gasteiger partial charge in [0.15, 0.2) is 5.83 Å². The molecular weight excluding hydrogens is 363 g/mol. The summed E-state index contributed by atoms with van der Waals surface area (Å²) < 4.78 is 15.8. The number of fused-ring (bicyclic) bond motifs is 1. The highest BCUT2D eigenvalue weighted by molar-refractivity contribution is 9.10. The van der Waals surface area contributed by atoms with Crippen LogP contribution in [0.3, 0.4) is 0 Å². The molecule has 0 aliphatic carbocycles. The van der Waals surface area contributed by atoms with Crippen LogP contribution in [0.4, 0.5) is 4.39 Å². The molecule has 106 valence electrons. The molecule has 1 N–H and O–H groups in total. The van der Waals surface area contributed by atoms with Crippen LogP contribution in [0.15, 0.2) is 29.0 Å². The molecule has 2 heterocycles. The van der Waals surface area contributed by atoms with Crippen molar-refractivity contribution in [1.29, 1.82) is 5.26 Å². The minimum Gasteiger partial charge on any atom is -0.289 e. The maximum atomic E-state index is 13.8. The van der Waals surface area contributed by atoms with E-state index >= 15 is 0 Å². The quantitative estimate of drug-likeness (QED) is 0.833. The van der Waals surface area contributed by atoms with Crippen LogP contribution in [-0.2, 0) is 6.54 Å².